The van der Waals surface area contributed by atoms with Crippen molar-refractivity contribution in [1.82, 2.24) is 0 Å². The third kappa shape index (κ3) is 7.66. The lowest BCUT2D eigenvalue weighted by molar-refractivity contribution is -0.276. The van der Waals surface area contributed by atoms with Gasteiger partial charge in [0.1, 0.15) is 5.75 Å². The molecule has 0 unspecified atom stereocenters. The molecule has 1 saturated heterocycles. The molecule has 0 N–H and O–H groups in total. The van der Waals surface area contributed by atoms with E-state index in [1.54, 1.807) is 0 Å². The maximum atomic E-state index is 14.9. The Morgan fingerprint density at radius 1 is 0.846 bits per heavy atom. The number of hydrogen-bond donors (Lipinski definition) is 0. The molecule has 2 aromatic carbocycles. The molecule has 1 heterocycles. The number of alkyl halides is 5. The molecule has 214 valence electrons. The lowest BCUT2D eigenvalue weighted by Gasteiger charge is -2.39. The Balaban J connectivity index is 1.31. The predicted octanol–water partition coefficient (Wildman–Crippen LogP) is 8.26. The zero-order chi connectivity index (χ0) is 28.2. The van der Waals surface area contributed by atoms with Gasteiger partial charge in [-0.25, -0.2) is 8.78 Å². The Hall–Kier alpha value is -2.79. The quantitative estimate of drug-likeness (QED) is 0.228. The van der Waals surface area contributed by atoms with Crippen LogP contribution >= 0.6 is 0 Å². The Labute approximate surface area is 221 Å². The molecule has 0 radical (unpaired) electrons. The second-order valence-corrected chi connectivity index (χ2v) is 9.88. The summed E-state index contributed by atoms with van der Waals surface area (Å²) in [6, 6.07) is 6.29. The minimum absolute atomic E-state index is 0.0328. The van der Waals surface area contributed by atoms with E-state index < -0.39 is 42.1 Å². The Kier molecular flexibility index (Phi) is 9.10. The molecule has 0 bridgehead atoms. The molecular weight excluding hydrogens is 533 g/mol. The van der Waals surface area contributed by atoms with Crippen molar-refractivity contribution in [2.75, 3.05) is 13.2 Å². The van der Waals surface area contributed by atoms with Crippen LogP contribution in [-0.4, -0.2) is 32.0 Å². The van der Waals surface area contributed by atoms with Gasteiger partial charge in [0.05, 0.1) is 19.1 Å². The van der Waals surface area contributed by atoms with Crippen molar-refractivity contribution >= 4 is 0 Å². The summed E-state index contributed by atoms with van der Waals surface area (Å²) < 4.78 is 115. The molecule has 2 aliphatic rings. The van der Waals surface area contributed by atoms with Crippen LogP contribution in [-0.2, 0) is 9.47 Å². The highest BCUT2D eigenvalue weighted by atomic mass is 19.4. The first kappa shape index (κ1) is 29.2. The predicted molar refractivity (Wildman–Crippen MR) is 128 cm³/mol. The van der Waals surface area contributed by atoms with Gasteiger partial charge < -0.3 is 18.9 Å². The zero-order valence-electron chi connectivity index (χ0n) is 21.0. The second-order valence-electron chi connectivity index (χ2n) is 9.88. The standard InChI is InChI=1S/C28H29F7O4/c1-2-3-4-17-15-36-26(37-16-17)19-5-9-21(10-6-19)27(31,32)38-22-11-7-18(8-12-22)20-13-23(29)25(24(30)14-20)39-28(33,34)35/h2,7-8,11-14,17,19,21,26H,1,3-6,9-10,15-16H2. The van der Waals surface area contributed by atoms with Gasteiger partial charge in [0.15, 0.2) is 17.9 Å². The van der Waals surface area contributed by atoms with Gasteiger partial charge in [-0.15, -0.1) is 19.8 Å². The van der Waals surface area contributed by atoms with Crippen LogP contribution in [0.15, 0.2) is 49.1 Å². The largest absolute Gasteiger partial charge is 0.573 e. The molecule has 2 aromatic rings. The molecule has 4 rings (SSSR count). The molecule has 0 aromatic heterocycles. The lowest BCUT2D eigenvalue weighted by atomic mass is 9.80. The SMILES string of the molecule is C=CCCC1COC(C2CCC(C(F)(F)Oc3ccc(-c4cc(F)c(OC(F)(F)F)c(F)c4)cc3)CC2)OC1. The molecule has 0 atom stereocenters. The van der Waals surface area contributed by atoms with E-state index in [0.717, 1.165) is 12.8 Å². The van der Waals surface area contributed by atoms with Crippen molar-refractivity contribution in [3.05, 3.63) is 60.7 Å². The van der Waals surface area contributed by atoms with E-state index in [1.807, 2.05) is 6.08 Å². The van der Waals surface area contributed by atoms with E-state index in [0.29, 0.717) is 44.1 Å². The highest BCUT2D eigenvalue weighted by Gasteiger charge is 2.45. The maximum Gasteiger partial charge on any atom is 0.573 e. The van der Waals surface area contributed by atoms with Crippen LogP contribution in [0.3, 0.4) is 0 Å². The number of ether oxygens (including phenoxy) is 4. The summed E-state index contributed by atoms with van der Waals surface area (Å²) >= 11 is 0. The summed E-state index contributed by atoms with van der Waals surface area (Å²) in [5.74, 6) is -5.52. The first-order valence-corrected chi connectivity index (χ1v) is 12.7. The fourth-order valence-corrected chi connectivity index (χ4v) is 4.97. The number of benzene rings is 2. The average molecular weight is 563 g/mol. The molecule has 1 saturated carbocycles. The van der Waals surface area contributed by atoms with E-state index in [-0.39, 0.29) is 35.6 Å². The van der Waals surface area contributed by atoms with E-state index in [2.05, 4.69) is 11.3 Å². The van der Waals surface area contributed by atoms with E-state index in [4.69, 9.17) is 14.2 Å². The summed E-state index contributed by atoms with van der Waals surface area (Å²) in [5.41, 5.74) is 0.0806. The molecule has 11 heteroatoms. The lowest BCUT2D eigenvalue weighted by Crippen LogP contribution is -2.42. The van der Waals surface area contributed by atoms with Gasteiger partial charge in [0.25, 0.3) is 0 Å². The number of allylic oxidation sites excluding steroid dienone is 1. The molecule has 1 aliphatic carbocycles. The number of rotatable bonds is 9. The zero-order valence-corrected chi connectivity index (χ0v) is 21.0. The van der Waals surface area contributed by atoms with Gasteiger partial charge in [-0.05, 0) is 73.9 Å². The minimum Gasteiger partial charge on any atom is -0.432 e. The summed E-state index contributed by atoms with van der Waals surface area (Å²) in [6.07, 6.45) is -3.97. The maximum absolute atomic E-state index is 14.9. The van der Waals surface area contributed by atoms with Gasteiger partial charge in [-0.2, -0.15) is 8.78 Å². The van der Waals surface area contributed by atoms with Crippen molar-refractivity contribution in [2.24, 2.45) is 17.8 Å². The Morgan fingerprint density at radius 3 is 1.97 bits per heavy atom. The van der Waals surface area contributed by atoms with Crippen molar-refractivity contribution < 1.29 is 49.7 Å². The van der Waals surface area contributed by atoms with Crippen LogP contribution in [0.2, 0.25) is 0 Å². The molecule has 0 spiro atoms. The Bertz CT molecular complexity index is 1080. The molecular formula is C28H29F7O4. The fourth-order valence-electron chi connectivity index (χ4n) is 4.97. The monoisotopic (exact) mass is 562 g/mol. The topological polar surface area (TPSA) is 36.9 Å². The van der Waals surface area contributed by atoms with Crippen molar-refractivity contribution in [1.29, 1.82) is 0 Å². The van der Waals surface area contributed by atoms with Crippen LogP contribution in [0.4, 0.5) is 30.7 Å². The van der Waals surface area contributed by atoms with Crippen LogP contribution in [0.1, 0.15) is 38.5 Å². The molecule has 1 aliphatic heterocycles. The highest BCUT2D eigenvalue weighted by Crippen LogP contribution is 2.42. The van der Waals surface area contributed by atoms with Crippen LogP contribution in [0, 0.1) is 29.4 Å². The van der Waals surface area contributed by atoms with E-state index in [1.165, 1.54) is 24.3 Å². The normalized spacial score (nSPS) is 24.3. The van der Waals surface area contributed by atoms with Crippen LogP contribution in [0.25, 0.3) is 11.1 Å². The van der Waals surface area contributed by atoms with Crippen molar-refractivity contribution in [3.8, 4) is 22.6 Å². The average Bonchev–Trinajstić information content (AvgIpc) is 2.89. The van der Waals surface area contributed by atoms with Crippen molar-refractivity contribution in [2.45, 2.75) is 57.3 Å². The number of hydrogen-bond acceptors (Lipinski definition) is 4. The third-order valence-corrected chi connectivity index (χ3v) is 7.06. The highest BCUT2D eigenvalue weighted by molar-refractivity contribution is 5.65. The third-order valence-electron chi connectivity index (χ3n) is 7.06. The van der Waals surface area contributed by atoms with Gasteiger partial charge in [-0.1, -0.05) is 18.2 Å². The second kappa shape index (κ2) is 12.2. The van der Waals surface area contributed by atoms with Gasteiger partial charge in [0.2, 0.25) is 5.75 Å². The molecule has 39 heavy (non-hydrogen) atoms. The molecule has 0 amide bonds. The number of halogens is 7. The first-order valence-electron chi connectivity index (χ1n) is 12.7. The van der Waals surface area contributed by atoms with Crippen LogP contribution in [0.5, 0.6) is 11.5 Å². The van der Waals surface area contributed by atoms with Crippen LogP contribution < -0.4 is 9.47 Å². The fraction of sp³-hybridized carbons (Fsp3) is 0.500. The smallest absolute Gasteiger partial charge is 0.432 e. The van der Waals surface area contributed by atoms with Gasteiger partial charge >= 0.3 is 12.5 Å². The first-order chi connectivity index (χ1) is 18.4. The summed E-state index contributed by atoms with van der Waals surface area (Å²) in [5, 5.41) is 0. The molecule has 2 fully saturated rings. The van der Waals surface area contributed by atoms with Gasteiger partial charge in [-0.3, -0.25) is 0 Å². The van der Waals surface area contributed by atoms with E-state index in [9.17, 15) is 30.7 Å². The minimum atomic E-state index is -5.26. The van der Waals surface area contributed by atoms with Gasteiger partial charge in [0, 0.05) is 11.8 Å². The van der Waals surface area contributed by atoms with Crippen molar-refractivity contribution in [3.63, 3.8) is 0 Å². The molecule has 4 nitrogen and oxygen atoms in total. The van der Waals surface area contributed by atoms with E-state index >= 15 is 0 Å². The summed E-state index contributed by atoms with van der Waals surface area (Å²) in [7, 11) is 0. The Morgan fingerprint density at radius 2 is 1.44 bits per heavy atom. The summed E-state index contributed by atoms with van der Waals surface area (Å²) in [4.78, 5) is 0. The summed E-state index contributed by atoms with van der Waals surface area (Å²) in [6.45, 7) is 4.87.